The smallest absolute Gasteiger partial charge is 0.0562 e. The molecule has 47 heavy (non-hydrogen) atoms. The van der Waals surface area contributed by atoms with E-state index in [0.717, 1.165) is 22.7 Å². The Morgan fingerprint density at radius 2 is 1.06 bits per heavy atom. The number of hydrogen-bond donors (Lipinski definition) is 0. The molecule has 220 valence electrons. The van der Waals surface area contributed by atoms with E-state index in [0.29, 0.717) is 0 Å². The Balaban J connectivity index is 1.35. The lowest BCUT2D eigenvalue weighted by molar-refractivity contribution is 1.18. The fourth-order valence-corrected chi connectivity index (χ4v) is 8.53. The molecule has 2 aromatic heterocycles. The zero-order chi connectivity index (χ0) is 30.9. The predicted octanol–water partition coefficient (Wildman–Crippen LogP) is 12.9. The second-order valence-electron chi connectivity index (χ2n) is 12.2. The lowest BCUT2D eigenvalue weighted by atomic mass is 10.0. The van der Waals surface area contributed by atoms with Crippen molar-refractivity contribution in [2.24, 2.45) is 0 Å². The molecule has 0 bridgehead atoms. The Bertz CT molecular complexity index is 2800. The van der Waals surface area contributed by atoms with Gasteiger partial charge in [0.1, 0.15) is 0 Å². The van der Waals surface area contributed by atoms with Crippen LogP contribution in [0.1, 0.15) is 0 Å². The number of aromatic nitrogens is 1. The SMILES string of the molecule is c1ccc(-n2c3cc4ccccc4cc3c3c(N(c4ccc5sc6ccccc6c5c4)c4cccc5ccccc45)cccc32)cc1. The van der Waals surface area contributed by atoms with E-state index in [9.17, 15) is 0 Å². The first-order chi connectivity index (χ1) is 23.3. The third-order valence-electron chi connectivity index (χ3n) is 9.52. The molecule has 0 spiro atoms. The van der Waals surface area contributed by atoms with E-state index in [4.69, 9.17) is 0 Å². The van der Waals surface area contributed by atoms with Crippen molar-refractivity contribution >= 4 is 91.9 Å². The number of hydrogen-bond acceptors (Lipinski definition) is 2. The highest BCUT2D eigenvalue weighted by molar-refractivity contribution is 7.25. The fourth-order valence-electron chi connectivity index (χ4n) is 7.44. The van der Waals surface area contributed by atoms with Crippen LogP contribution in [0, 0.1) is 0 Å². The van der Waals surface area contributed by atoms with Crippen LogP contribution in [0.25, 0.3) is 69.2 Å². The molecule has 0 aliphatic carbocycles. The summed E-state index contributed by atoms with van der Waals surface area (Å²) in [7, 11) is 0. The molecular weight excluding hydrogens is 589 g/mol. The minimum Gasteiger partial charge on any atom is -0.309 e. The number of anilines is 3. The third kappa shape index (κ3) is 4.04. The van der Waals surface area contributed by atoms with Crippen molar-refractivity contribution in [1.82, 2.24) is 4.57 Å². The van der Waals surface area contributed by atoms with E-state index < -0.39 is 0 Å². The van der Waals surface area contributed by atoms with Crippen LogP contribution in [-0.4, -0.2) is 4.57 Å². The molecular formula is C44H28N2S. The van der Waals surface area contributed by atoms with E-state index in [1.54, 1.807) is 0 Å². The summed E-state index contributed by atoms with van der Waals surface area (Å²) in [4.78, 5) is 2.49. The van der Waals surface area contributed by atoms with Gasteiger partial charge in [-0.3, -0.25) is 0 Å². The van der Waals surface area contributed by atoms with Crippen LogP contribution in [-0.2, 0) is 0 Å². The Labute approximate surface area is 276 Å². The molecule has 0 amide bonds. The number of benzene rings is 8. The topological polar surface area (TPSA) is 8.17 Å². The molecule has 0 aliphatic heterocycles. The second kappa shape index (κ2) is 10.3. The van der Waals surface area contributed by atoms with Crippen LogP contribution in [0.2, 0.25) is 0 Å². The summed E-state index contributed by atoms with van der Waals surface area (Å²) in [6.07, 6.45) is 0. The number of nitrogens with zero attached hydrogens (tertiary/aromatic N) is 2. The third-order valence-corrected chi connectivity index (χ3v) is 10.7. The van der Waals surface area contributed by atoms with Gasteiger partial charge in [0.25, 0.3) is 0 Å². The van der Waals surface area contributed by atoms with Gasteiger partial charge in [0.15, 0.2) is 0 Å². The molecule has 3 heteroatoms. The average molecular weight is 617 g/mol. The predicted molar refractivity (Wildman–Crippen MR) is 203 cm³/mol. The summed E-state index contributed by atoms with van der Waals surface area (Å²) in [5.74, 6) is 0. The second-order valence-corrected chi connectivity index (χ2v) is 13.3. The molecule has 8 aromatic carbocycles. The molecule has 2 nitrogen and oxygen atoms in total. The molecule has 0 aliphatic rings. The Morgan fingerprint density at radius 3 is 1.94 bits per heavy atom. The van der Waals surface area contributed by atoms with Gasteiger partial charge in [0.2, 0.25) is 0 Å². The molecule has 2 heterocycles. The van der Waals surface area contributed by atoms with Gasteiger partial charge in [0.05, 0.1) is 22.4 Å². The summed E-state index contributed by atoms with van der Waals surface area (Å²) < 4.78 is 5.05. The molecule has 0 saturated carbocycles. The first-order valence-electron chi connectivity index (χ1n) is 16.0. The molecule has 0 atom stereocenters. The van der Waals surface area contributed by atoms with Gasteiger partial charge in [-0.2, -0.15) is 0 Å². The van der Waals surface area contributed by atoms with E-state index >= 15 is 0 Å². The number of fused-ring (bicyclic) bond motifs is 8. The standard InChI is InChI=1S/C44H28N2S/c1-2-16-32(17-3-1)45-39-21-11-22-40(44(39)37-26-30-13-4-5-14-31(30)27-41(37)45)46(38-20-10-15-29-12-6-7-18-34(29)38)33-24-25-43-36(28-33)35-19-8-9-23-42(35)47-43/h1-28H. The maximum Gasteiger partial charge on any atom is 0.0562 e. The molecule has 0 unspecified atom stereocenters. The van der Waals surface area contributed by atoms with Crippen molar-refractivity contribution in [3.63, 3.8) is 0 Å². The minimum atomic E-state index is 1.14. The van der Waals surface area contributed by atoms with Crippen molar-refractivity contribution in [2.75, 3.05) is 4.90 Å². The number of para-hydroxylation sites is 1. The number of thiophene rings is 1. The van der Waals surface area contributed by atoms with Gasteiger partial charge in [-0.1, -0.05) is 103 Å². The average Bonchev–Trinajstić information content (AvgIpc) is 3.66. The van der Waals surface area contributed by atoms with Crippen molar-refractivity contribution in [2.45, 2.75) is 0 Å². The van der Waals surface area contributed by atoms with Crippen LogP contribution in [0.4, 0.5) is 17.1 Å². The van der Waals surface area contributed by atoms with Gasteiger partial charge in [-0.15, -0.1) is 11.3 Å². The summed E-state index contributed by atoms with van der Waals surface area (Å²) >= 11 is 1.86. The summed E-state index contributed by atoms with van der Waals surface area (Å²) in [6.45, 7) is 0. The lowest BCUT2D eigenvalue weighted by Gasteiger charge is -2.28. The Morgan fingerprint density at radius 1 is 0.404 bits per heavy atom. The first-order valence-corrected chi connectivity index (χ1v) is 16.8. The van der Waals surface area contributed by atoms with Gasteiger partial charge < -0.3 is 9.47 Å². The maximum absolute atomic E-state index is 2.49. The van der Waals surface area contributed by atoms with Crippen molar-refractivity contribution in [3.05, 3.63) is 170 Å². The highest BCUT2D eigenvalue weighted by Gasteiger charge is 2.23. The van der Waals surface area contributed by atoms with Crippen molar-refractivity contribution < 1.29 is 0 Å². The van der Waals surface area contributed by atoms with Gasteiger partial charge >= 0.3 is 0 Å². The molecule has 10 aromatic rings. The van der Waals surface area contributed by atoms with Crippen molar-refractivity contribution in [3.8, 4) is 5.69 Å². The summed E-state index contributed by atoms with van der Waals surface area (Å²) in [6, 6.07) is 62.1. The van der Waals surface area contributed by atoms with Crippen molar-refractivity contribution in [1.29, 1.82) is 0 Å². The molecule has 0 radical (unpaired) electrons. The Kier molecular flexibility index (Phi) is 5.78. The number of rotatable bonds is 4. The molecule has 10 rings (SSSR count). The Hall–Kier alpha value is -5.90. The molecule has 0 N–H and O–H groups in total. The van der Waals surface area contributed by atoms with E-state index in [2.05, 4.69) is 179 Å². The van der Waals surface area contributed by atoms with Crippen LogP contribution in [0.3, 0.4) is 0 Å². The minimum absolute atomic E-state index is 1.14. The van der Waals surface area contributed by atoms with Gasteiger partial charge in [-0.05, 0) is 82.9 Å². The zero-order valence-electron chi connectivity index (χ0n) is 25.5. The van der Waals surface area contributed by atoms with Crippen LogP contribution in [0.5, 0.6) is 0 Å². The lowest BCUT2D eigenvalue weighted by Crippen LogP contribution is -2.11. The fraction of sp³-hybridized carbons (Fsp3) is 0. The van der Waals surface area contributed by atoms with Gasteiger partial charge in [-0.25, -0.2) is 0 Å². The first kappa shape index (κ1) is 26.3. The highest BCUT2D eigenvalue weighted by atomic mass is 32.1. The molecule has 0 fully saturated rings. The van der Waals surface area contributed by atoms with Crippen LogP contribution in [0.15, 0.2) is 170 Å². The highest BCUT2D eigenvalue weighted by Crippen LogP contribution is 2.47. The normalized spacial score (nSPS) is 11.8. The summed E-state index contributed by atoms with van der Waals surface area (Å²) in [5.41, 5.74) is 7.01. The van der Waals surface area contributed by atoms with Crippen LogP contribution < -0.4 is 4.90 Å². The zero-order valence-corrected chi connectivity index (χ0v) is 26.3. The molecule has 0 saturated heterocycles. The quantitative estimate of drug-likeness (QED) is 0.191. The van der Waals surface area contributed by atoms with E-state index in [-0.39, 0.29) is 0 Å². The van der Waals surface area contributed by atoms with E-state index in [1.807, 2.05) is 11.3 Å². The maximum atomic E-state index is 2.49. The van der Waals surface area contributed by atoms with Crippen LogP contribution >= 0.6 is 11.3 Å². The summed E-state index contributed by atoms with van der Waals surface area (Å²) in [5, 5.41) is 10.00. The largest absolute Gasteiger partial charge is 0.309 e. The van der Waals surface area contributed by atoms with Gasteiger partial charge in [0, 0.05) is 47.7 Å². The van der Waals surface area contributed by atoms with E-state index in [1.165, 1.54) is 63.5 Å². The monoisotopic (exact) mass is 616 g/mol.